The van der Waals surface area contributed by atoms with Gasteiger partial charge < -0.3 is 5.32 Å². The van der Waals surface area contributed by atoms with Gasteiger partial charge in [-0.1, -0.05) is 6.92 Å². The molecule has 48 valence electrons. The molecule has 0 heterocycles. The van der Waals surface area contributed by atoms with E-state index >= 15 is 0 Å². The first kappa shape index (κ1) is 7.33. The molecule has 1 amide bonds. The highest BCUT2D eigenvalue weighted by atomic mass is 19.3. The van der Waals surface area contributed by atoms with Gasteiger partial charge in [0.15, 0.2) is 0 Å². The van der Waals surface area contributed by atoms with Crippen molar-refractivity contribution in [2.24, 2.45) is 0 Å². The van der Waals surface area contributed by atoms with Crippen molar-refractivity contribution in [3.8, 4) is 0 Å². The van der Waals surface area contributed by atoms with Crippen LogP contribution in [-0.2, 0) is 4.79 Å². The van der Waals surface area contributed by atoms with E-state index < -0.39 is 12.5 Å². The second kappa shape index (κ2) is 3.35. The highest BCUT2D eigenvalue weighted by Crippen LogP contribution is 1.85. The molecule has 2 nitrogen and oxygen atoms in total. The maximum absolute atomic E-state index is 11.1. The normalized spacial score (nSPS) is 9.50. The highest BCUT2D eigenvalue weighted by molar-refractivity contribution is 5.75. The topological polar surface area (TPSA) is 29.1 Å². The van der Waals surface area contributed by atoms with E-state index in [1.54, 1.807) is 0 Å². The lowest BCUT2D eigenvalue weighted by molar-refractivity contribution is -0.124. The first-order valence-corrected chi connectivity index (χ1v) is 2.24. The van der Waals surface area contributed by atoms with Gasteiger partial charge in [-0.3, -0.25) is 4.79 Å². The van der Waals surface area contributed by atoms with Gasteiger partial charge in [-0.2, -0.15) is 8.78 Å². The molecule has 0 atom stereocenters. The molecule has 1 N–H and O–H groups in total. The molecule has 0 spiro atoms. The van der Waals surface area contributed by atoms with Crippen molar-refractivity contribution in [2.45, 2.75) is 19.9 Å². The van der Waals surface area contributed by atoms with Crippen molar-refractivity contribution in [3.63, 3.8) is 0 Å². The molecule has 0 aliphatic rings. The molecule has 4 heteroatoms. The van der Waals surface area contributed by atoms with E-state index in [4.69, 9.17) is 0 Å². The minimum atomic E-state index is -2.72. The molecule has 0 rings (SSSR count). The molecule has 0 aromatic carbocycles. The van der Waals surface area contributed by atoms with Gasteiger partial charge in [0.1, 0.15) is 0 Å². The summed E-state index contributed by atoms with van der Waals surface area (Å²) in [6.45, 7) is -1.21. The number of carbonyl (C=O) groups excluding carboxylic acids is 1. The number of hydrogen-bond donors (Lipinski definition) is 1. The minimum absolute atomic E-state index is 0.102. The highest BCUT2D eigenvalue weighted by Gasteiger charge is 2.03. The Bertz CT molecular complexity index is 84.1. The van der Waals surface area contributed by atoms with Crippen LogP contribution in [0.2, 0.25) is 0 Å². The second-order valence-corrected chi connectivity index (χ2v) is 1.22. The lowest BCUT2D eigenvalue weighted by atomic mass is 10.5. The number of alkyl halides is 2. The maximum Gasteiger partial charge on any atom is 0.315 e. The maximum atomic E-state index is 11.1. The Labute approximate surface area is 45.9 Å². The first-order valence-electron chi connectivity index (χ1n) is 2.24. The van der Waals surface area contributed by atoms with Crippen molar-refractivity contribution >= 4 is 5.91 Å². The molecule has 0 fully saturated rings. The standard InChI is InChI=1S/C4H7F2NO/c1-2-3(8)7-4(5)6/h4H,2H2,1H3,(H,7,8). The molecule has 0 aliphatic heterocycles. The number of carbonyl (C=O) groups is 1. The molecule has 0 aromatic rings. The van der Waals surface area contributed by atoms with Crippen LogP contribution in [0.25, 0.3) is 0 Å². The first-order chi connectivity index (χ1) is 3.66. The Morgan fingerprint density at radius 3 is 2.38 bits per heavy atom. The molecule has 0 bridgehead atoms. The van der Waals surface area contributed by atoms with Crippen LogP contribution >= 0.6 is 0 Å². The van der Waals surface area contributed by atoms with Crippen LogP contribution in [0.15, 0.2) is 0 Å². The fourth-order valence-corrected chi connectivity index (χ4v) is 0.224. The van der Waals surface area contributed by atoms with Crippen LogP contribution in [0.3, 0.4) is 0 Å². The van der Waals surface area contributed by atoms with E-state index in [1.165, 1.54) is 12.2 Å². The summed E-state index contributed by atoms with van der Waals surface area (Å²) in [7, 11) is 0. The number of halogens is 2. The van der Waals surface area contributed by atoms with Crippen molar-refractivity contribution in [2.75, 3.05) is 0 Å². The van der Waals surface area contributed by atoms with Crippen LogP contribution in [0.5, 0.6) is 0 Å². The molecule has 0 aliphatic carbocycles. The number of nitrogens with one attached hydrogen (secondary N) is 1. The smallest absolute Gasteiger partial charge is 0.300 e. The van der Waals surface area contributed by atoms with E-state index in [1.807, 2.05) is 0 Å². The lowest BCUT2D eigenvalue weighted by Crippen LogP contribution is -2.27. The van der Waals surface area contributed by atoms with Crippen molar-refractivity contribution in [1.82, 2.24) is 5.32 Å². The molecule has 0 radical (unpaired) electrons. The molecular formula is C4H7F2NO. The van der Waals surface area contributed by atoms with Gasteiger partial charge in [0.2, 0.25) is 5.91 Å². The van der Waals surface area contributed by atoms with Gasteiger partial charge in [-0.25, -0.2) is 0 Å². The zero-order valence-corrected chi connectivity index (χ0v) is 4.45. The largest absolute Gasteiger partial charge is 0.315 e. The summed E-state index contributed by atoms with van der Waals surface area (Å²) in [5.41, 5.74) is 0. The number of rotatable bonds is 2. The van der Waals surface area contributed by atoms with Crippen molar-refractivity contribution in [1.29, 1.82) is 0 Å². The van der Waals surface area contributed by atoms with E-state index in [0.29, 0.717) is 0 Å². The summed E-state index contributed by atoms with van der Waals surface area (Å²) in [4.78, 5) is 10.0. The van der Waals surface area contributed by atoms with Crippen molar-refractivity contribution < 1.29 is 13.6 Å². The Kier molecular flexibility index (Phi) is 3.07. The fourth-order valence-electron chi connectivity index (χ4n) is 0.224. The fraction of sp³-hybridized carbons (Fsp3) is 0.750. The summed E-state index contributed by atoms with van der Waals surface area (Å²) in [5, 5.41) is 1.42. The minimum Gasteiger partial charge on any atom is -0.300 e. The van der Waals surface area contributed by atoms with Gasteiger partial charge >= 0.3 is 6.55 Å². The van der Waals surface area contributed by atoms with Gasteiger partial charge in [-0.15, -0.1) is 0 Å². The Hall–Kier alpha value is -0.670. The second-order valence-electron chi connectivity index (χ2n) is 1.22. The Morgan fingerprint density at radius 1 is 1.75 bits per heavy atom. The Morgan fingerprint density at radius 2 is 2.25 bits per heavy atom. The van der Waals surface area contributed by atoms with Crippen LogP contribution in [0, 0.1) is 0 Å². The van der Waals surface area contributed by atoms with Gasteiger partial charge in [0, 0.05) is 6.42 Å². The molecular weight excluding hydrogens is 116 g/mol. The summed E-state index contributed by atoms with van der Waals surface area (Å²) in [6, 6.07) is 0. The molecule has 0 unspecified atom stereocenters. The third-order valence-electron chi connectivity index (χ3n) is 0.591. The van der Waals surface area contributed by atoms with Crippen molar-refractivity contribution in [3.05, 3.63) is 0 Å². The summed E-state index contributed by atoms with van der Waals surface area (Å²) in [5.74, 6) is -0.625. The predicted molar refractivity (Wildman–Crippen MR) is 24.4 cm³/mol. The average molecular weight is 123 g/mol. The zero-order chi connectivity index (χ0) is 6.57. The summed E-state index contributed by atoms with van der Waals surface area (Å²) >= 11 is 0. The van der Waals surface area contributed by atoms with Crippen LogP contribution in [0.1, 0.15) is 13.3 Å². The molecule has 0 saturated heterocycles. The zero-order valence-electron chi connectivity index (χ0n) is 4.45. The average Bonchev–Trinajstić information content (AvgIpc) is 1.65. The quantitative estimate of drug-likeness (QED) is 0.539. The van der Waals surface area contributed by atoms with Gasteiger partial charge in [0.25, 0.3) is 0 Å². The summed E-state index contributed by atoms with van der Waals surface area (Å²) in [6.07, 6.45) is 0.102. The van der Waals surface area contributed by atoms with Crippen LogP contribution in [0.4, 0.5) is 8.78 Å². The van der Waals surface area contributed by atoms with Gasteiger partial charge in [0.05, 0.1) is 0 Å². The third kappa shape index (κ3) is 3.52. The SMILES string of the molecule is CCC(=O)NC(F)F. The van der Waals surface area contributed by atoms with E-state index in [-0.39, 0.29) is 6.42 Å². The third-order valence-corrected chi connectivity index (χ3v) is 0.591. The van der Waals surface area contributed by atoms with Gasteiger partial charge in [-0.05, 0) is 0 Å². The lowest BCUT2D eigenvalue weighted by Gasteiger charge is -1.97. The Balaban J connectivity index is 3.25. The van der Waals surface area contributed by atoms with Crippen LogP contribution in [-0.4, -0.2) is 12.5 Å². The molecule has 0 aromatic heterocycles. The van der Waals surface area contributed by atoms with E-state index in [9.17, 15) is 13.6 Å². The molecule has 0 saturated carbocycles. The number of amides is 1. The number of hydrogen-bond acceptors (Lipinski definition) is 1. The van der Waals surface area contributed by atoms with E-state index in [2.05, 4.69) is 0 Å². The van der Waals surface area contributed by atoms with Crippen LogP contribution < -0.4 is 5.32 Å². The van der Waals surface area contributed by atoms with E-state index in [0.717, 1.165) is 0 Å². The monoisotopic (exact) mass is 123 g/mol. The summed E-state index contributed by atoms with van der Waals surface area (Å²) < 4.78 is 22.3. The molecule has 8 heavy (non-hydrogen) atoms. The predicted octanol–water partition coefficient (Wildman–Crippen LogP) is 0.735.